The Morgan fingerprint density at radius 2 is 1.87 bits per heavy atom. The Hall–Kier alpha value is -2.94. The van der Waals surface area contributed by atoms with Crippen LogP contribution in [0.5, 0.6) is 6.01 Å². The number of anilines is 2. The molecule has 0 bridgehead atoms. The molecular weight excluding hydrogens is 324 g/mol. The zero-order valence-electron chi connectivity index (χ0n) is 11.9. The van der Waals surface area contributed by atoms with Gasteiger partial charge in [0.25, 0.3) is 0 Å². The maximum atomic E-state index is 11.4. The average Bonchev–Trinajstić information content (AvgIpc) is 2.48. The first-order chi connectivity index (χ1) is 11.0. The smallest absolute Gasteiger partial charge is 0.322 e. The Labute approximate surface area is 133 Å². The number of fused-ring (bicyclic) bond motifs is 1. The predicted octanol–water partition coefficient (Wildman–Crippen LogP) is 1.20. The molecule has 3 aromatic rings. The van der Waals surface area contributed by atoms with E-state index in [4.69, 9.17) is 16.3 Å². The lowest BCUT2D eigenvalue weighted by atomic mass is 10.2. The van der Waals surface area contributed by atoms with Crippen LogP contribution in [0.3, 0.4) is 0 Å². The second kappa shape index (κ2) is 6.05. The highest BCUT2D eigenvalue weighted by Gasteiger charge is 2.07. The minimum Gasteiger partial charge on any atom is -0.464 e. The average molecular weight is 335 g/mol. The molecule has 2 aromatic heterocycles. The van der Waals surface area contributed by atoms with Crippen molar-refractivity contribution in [2.45, 2.75) is 6.92 Å². The van der Waals surface area contributed by atoms with E-state index in [2.05, 4.69) is 30.2 Å². The van der Waals surface area contributed by atoms with Crippen LogP contribution >= 0.6 is 11.6 Å². The number of halogens is 1. The molecule has 0 saturated carbocycles. The van der Waals surface area contributed by atoms with E-state index in [9.17, 15) is 9.59 Å². The van der Waals surface area contributed by atoms with Gasteiger partial charge in [-0.2, -0.15) is 15.0 Å². The minimum atomic E-state index is -0.725. The molecule has 0 aliphatic carbocycles. The molecule has 2 heterocycles. The summed E-state index contributed by atoms with van der Waals surface area (Å²) >= 11 is 5.82. The number of benzene rings is 1. The van der Waals surface area contributed by atoms with E-state index in [0.717, 1.165) is 0 Å². The lowest BCUT2D eigenvalue weighted by Gasteiger charge is -2.07. The maximum absolute atomic E-state index is 11.4. The molecule has 0 radical (unpaired) electrons. The Morgan fingerprint density at radius 1 is 1.13 bits per heavy atom. The summed E-state index contributed by atoms with van der Waals surface area (Å²) in [4.78, 5) is 39.4. The third kappa shape index (κ3) is 3.29. The molecule has 0 fully saturated rings. The van der Waals surface area contributed by atoms with E-state index in [1.54, 1.807) is 25.1 Å². The highest BCUT2D eigenvalue weighted by atomic mass is 35.5. The van der Waals surface area contributed by atoms with Crippen LogP contribution in [-0.2, 0) is 0 Å². The number of ether oxygens (including phenoxy) is 1. The van der Waals surface area contributed by atoms with Crippen molar-refractivity contribution >= 4 is 34.3 Å². The van der Waals surface area contributed by atoms with E-state index in [0.29, 0.717) is 23.3 Å². The van der Waals surface area contributed by atoms with Crippen LogP contribution in [-0.4, -0.2) is 31.5 Å². The number of aromatic amines is 2. The Balaban J connectivity index is 1.96. The first-order valence-corrected chi connectivity index (χ1v) is 7.00. The fourth-order valence-corrected chi connectivity index (χ4v) is 2.06. The summed E-state index contributed by atoms with van der Waals surface area (Å²) < 4.78 is 5.19. The van der Waals surface area contributed by atoms with E-state index < -0.39 is 11.1 Å². The minimum absolute atomic E-state index is 0.00974. The van der Waals surface area contributed by atoms with Crippen LogP contribution in [0.1, 0.15) is 6.92 Å². The van der Waals surface area contributed by atoms with Gasteiger partial charge in [-0.15, -0.1) is 0 Å². The van der Waals surface area contributed by atoms with Crippen LogP contribution < -0.4 is 21.2 Å². The van der Waals surface area contributed by atoms with E-state index >= 15 is 0 Å². The molecule has 3 N–H and O–H groups in total. The zero-order valence-corrected chi connectivity index (χ0v) is 12.6. The fourth-order valence-electron chi connectivity index (χ4n) is 1.90. The summed E-state index contributed by atoms with van der Waals surface area (Å²) in [5, 5.41) is 2.92. The first-order valence-electron chi connectivity index (χ1n) is 6.63. The molecule has 0 atom stereocenters. The Kier molecular flexibility index (Phi) is 3.94. The van der Waals surface area contributed by atoms with Gasteiger partial charge in [-0.25, -0.2) is 0 Å². The molecule has 0 amide bonds. The summed E-state index contributed by atoms with van der Waals surface area (Å²) in [6.45, 7) is 2.19. The van der Waals surface area contributed by atoms with E-state index in [1.807, 2.05) is 0 Å². The first kappa shape index (κ1) is 15.0. The van der Waals surface area contributed by atoms with Crippen molar-refractivity contribution in [2.24, 2.45) is 0 Å². The number of hydrogen-bond acceptors (Lipinski definition) is 7. The predicted molar refractivity (Wildman–Crippen MR) is 84.5 cm³/mol. The number of aromatic nitrogens is 5. The second-order valence-electron chi connectivity index (χ2n) is 4.44. The standard InChI is InChI=1S/C13H11ClN6O3/c1-2-23-13-19-11(14)18-12(20-13)15-6-3-4-7-8(5-6)17-10(22)9(21)16-7/h3-5H,2H2,1H3,(H,16,21)(H,17,22)(H,15,18,19,20). The van der Waals surface area contributed by atoms with Crippen LogP contribution in [0.4, 0.5) is 11.6 Å². The Morgan fingerprint density at radius 3 is 2.61 bits per heavy atom. The molecule has 118 valence electrons. The molecule has 3 rings (SSSR count). The van der Waals surface area contributed by atoms with Gasteiger partial charge in [0.1, 0.15) is 0 Å². The van der Waals surface area contributed by atoms with Crippen molar-refractivity contribution in [2.75, 3.05) is 11.9 Å². The molecule has 1 aromatic carbocycles. The SMILES string of the molecule is CCOc1nc(Cl)nc(Nc2ccc3[nH]c(=O)c(=O)[nH]c3c2)n1. The molecule has 0 spiro atoms. The number of nitrogens with zero attached hydrogens (tertiary/aromatic N) is 3. The quantitative estimate of drug-likeness (QED) is 0.612. The topological polar surface area (TPSA) is 126 Å². The number of H-pyrrole nitrogens is 2. The number of rotatable bonds is 4. The number of nitrogens with one attached hydrogen (secondary N) is 3. The van der Waals surface area contributed by atoms with Crippen LogP contribution in [0, 0.1) is 0 Å². The lowest BCUT2D eigenvalue weighted by Crippen LogP contribution is -2.28. The van der Waals surface area contributed by atoms with E-state index in [-0.39, 0.29) is 17.2 Å². The largest absolute Gasteiger partial charge is 0.464 e. The van der Waals surface area contributed by atoms with Gasteiger partial charge in [-0.1, -0.05) is 0 Å². The van der Waals surface area contributed by atoms with Gasteiger partial charge in [0.05, 0.1) is 17.6 Å². The summed E-state index contributed by atoms with van der Waals surface area (Å²) in [5.41, 5.74) is 0.124. The van der Waals surface area contributed by atoms with Crippen LogP contribution in [0.25, 0.3) is 11.0 Å². The van der Waals surface area contributed by atoms with Gasteiger partial charge in [-0.3, -0.25) is 9.59 Å². The van der Waals surface area contributed by atoms with Crippen molar-refractivity contribution in [1.29, 1.82) is 0 Å². The van der Waals surface area contributed by atoms with Crippen LogP contribution in [0.15, 0.2) is 27.8 Å². The van der Waals surface area contributed by atoms with Crippen molar-refractivity contribution in [1.82, 2.24) is 24.9 Å². The molecule has 0 aliphatic heterocycles. The molecule has 0 unspecified atom stereocenters. The normalized spacial score (nSPS) is 10.7. The zero-order chi connectivity index (χ0) is 16.4. The maximum Gasteiger partial charge on any atom is 0.322 e. The molecule has 0 saturated heterocycles. The Bertz CT molecular complexity index is 983. The summed E-state index contributed by atoms with van der Waals surface area (Å²) in [6, 6.07) is 5.06. The van der Waals surface area contributed by atoms with E-state index in [1.165, 1.54) is 0 Å². The summed E-state index contributed by atoms with van der Waals surface area (Å²) in [5.74, 6) is 0.194. The van der Waals surface area contributed by atoms with Gasteiger partial charge < -0.3 is 20.0 Å². The third-order valence-electron chi connectivity index (χ3n) is 2.84. The van der Waals surface area contributed by atoms with Crippen molar-refractivity contribution in [3.8, 4) is 6.01 Å². The highest BCUT2D eigenvalue weighted by molar-refractivity contribution is 6.28. The molecule has 9 nitrogen and oxygen atoms in total. The molecule has 10 heteroatoms. The van der Waals surface area contributed by atoms with Gasteiger partial charge >= 0.3 is 17.1 Å². The fraction of sp³-hybridized carbons (Fsp3) is 0.154. The van der Waals surface area contributed by atoms with Gasteiger partial charge in [0.2, 0.25) is 11.2 Å². The second-order valence-corrected chi connectivity index (χ2v) is 4.78. The summed E-state index contributed by atoms with van der Waals surface area (Å²) in [6.07, 6.45) is 0. The van der Waals surface area contributed by atoms with Gasteiger partial charge in [0.15, 0.2) is 0 Å². The summed E-state index contributed by atoms with van der Waals surface area (Å²) in [7, 11) is 0. The van der Waals surface area contributed by atoms with Gasteiger partial charge in [0, 0.05) is 5.69 Å². The lowest BCUT2D eigenvalue weighted by molar-refractivity contribution is 0.312. The van der Waals surface area contributed by atoms with Crippen molar-refractivity contribution < 1.29 is 4.74 Å². The third-order valence-corrected chi connectivity index (χ3v) is 3.01. The van der Waals surface area contributed by atoms with Crippen molar-refractivity contribution in [3.05, 3.63) is 44.2 Å². The molecule has 23 heavy (non-hydrogen) atoms. The van der Waals surface area contributed by atoms with Crippen molar-refractivity contribution in [3.63, 3.8) is 0 Å². The van der Waals surface area contributed by atoms with Gasteiger partial charge in [-0.05, 0) is 36.7 Å². The van der Waals surface area contributed by atoms with Crippen LogP contribution in [0.2, 0.25) is 5.28 Å². The monoisotopic (exact) mass is 334 g/mol. The molecular formula is C13H11ClN6O3. The highest BCUT2D eigenvalue weighted by Crippen LogP contribution is 2.19. The number of hydrogen-bond donors (Lipinski definition) is 3. The molecule has 0 aliphatic rings.